The number of halogens is 1. The van der Waals surface area contributed by atoms with Gasteiger partial charge in [0, 0.05) is 12.0 Å². The van der Waals surface area contributed by atoms with Crippen LogP contribution in [0.5, 0.6) is 0 Å². The molecular formula is C16H20ClN5O2. The molecule has 4 aliphatic rings. The first-order chi connectivity index (χ1) is 11.5. The minimum absolute atomic E-state index is 0.104. The van der Waals surface area contributed by atoms with Gasteiger partial charge in [-0.15, -0.1) is 5.10 Å². The zero-order valence-corrected chi connectivity index (χ0v) is 14.3. The smallest absolute Gasteiger partial charge is 0.241 e. The summed E-state index contributed by atoms with van der Waals surface area (Å²) in [5.41, 5.74) is 1.35. The van der Waals surface area contributed by atoms with Crippen LogP contribution in [0.4, 0.5) is 5.95 Å². The Hall–Kier alpha value is -1.44. The monoisotopic (exact) mass is 349 g/mol. The summed E-state index contributed by atoms with van der Waals surface area (Å²) >= 11 is 6.30. The van der Waals surface area contributed by atoms with E-state index in [4.69, 9.17) is 16.3 Å². The second-order valence-corrected chi connectivity index (χ2v) is 8.27. The molecular weight excluding hydrogens is 330 g/mol. The number of aromatic nitrogens is 4. The van der Waals surface area contributed by atoms with Crippen LogP contribution in [-0.4, -0.2) is 50.0 Å². The summed E-state index contributed by atoms with van der Waals surface area (Å²) in [6.07, 6.45) is 5.33. The fraction of sp³-hybridized carbons (Fsp3) is 0.688. The van der Waals surface area contributed by atoms with Crippen molar-refractivity contribution in [3.63, 3.8) is 0 Å². The molecule has 2 aromatic rings. The van der Waals surface area contributed by atoms with Gasteiger partial charge in [-0.2, -0.15) is 0 Å². The van der Waals surface area contributed by atoms with Crippen LogP contribution in [0.15, 0.2) is 6.20 Å². The number of hydrogen-bond acceptors (Lipinski definition) is 6. The lowest BCUT2D eigenvalue weighted by atomic mass is 9.35. The first kappa shape index (κ1) is 14.9. The van der Waals surface area contributed by atoms with E-state index >= 15 is 0 Å². The molecule has 0 amide bonds. The van der Waals surface area contributed by atoms with Crippen molar-refractivity contribution in [3.8, 4) is 0 Å². The number of hydrogen-bond donors (Lipinski definition) is 2. The highest BCUT2D eigenvalue weighted by Gasteiger charge is 2.67. The van der Waals surface area contributed by atoms with Crippen molar-refractivity contribution in [2.24, 2.45) is 5.41 Å². The number of rotatable bonds is 3. The topological polar surface area (TPSA) is 84.6 Å². The predicted molar refractivity (Wildman–Crippen MR) is 88.3 cm³/mol. The highest BCUT2D eigenvalue weighted by molar-refractivity contribution is 6.32. The van der Waals surface area contributed by atoms with Crippen LogP contribution in [0.25, 0.3) is 5.52 Å². The molecule has 3 aliphatic carbocycles. The van der Waals surface area contributed by atoms with Crippen molar-refractivity contribution in [3.05, 3.63) is 17.2 Å². The summed E-state index contributed by atoms with van der Waals surface area (Å²) < 4.78 is 7.10. The number of aliphatic hydroxyl groups is 1. The third-order valence-electron chi connectivity index (χ3n) is 5.76. The highest BCUT2D eigenvalue weighted by Crippen LogP contribution is 2.73. The van der Waals surface area contributed by atoms with Gasteiger partial charge in [-0.1, -0.05) is 18.5 Å². The second-order valence-electron chi connectivity index (χ2n) is 7.91. The van der Waals surface area contributed by atoms with Crippen molar-refractivity contribution < 1.29 is 9.84 Å². The third kappa shape index (κ3) is 2.01. The third-order valence-corrected chi connectivity index (χ3v) is 6.04. The lowest BCUT2D eigenvalue weighted by Gasteiger charge is -2.68. The van der Waals surface area contributed by atoms with Gasteiger partial charge in [-0.05, 0) is 31.1 Å². The highest BCUT2D eigenvalue weighted by atomic mass is 35.5. The maximum atomic E-state index is 10.0. The first-order valence-corrected chi connectivity index (χ1v) is 8.80. The second kappa shape index (κ2) is 4.80. The van der Waals surface area contributed by atoms with Crippen molar-refractivity contribution >= 4 is 23.1 Å². The molecule has 7 nitrogen and oxygen atoms in total. The Morgan fingerprint density at radius 1 is 1.42 bits per heavy atom. The molecule has 1 saturated heterocycles. The maximum absolute atomic E-state index is 10.0. The van der Waals surface area contributed by atoms with Crippen molar-refractivity contribution in [1.29, 1.82) is 0 Å². The van der Waals surface area contributed by atoms with Crippen molar-refractivity contribution in [2.75, 3.05) is 18.5 Å². The van der Waals surface area contributed by atoms with Crippen LogP contribution >= 0.6 is 11.6 Å². The normalized spacial score (nSPS) is 37.8. The number of nitrogens with one attached hydrogen (secondary N) is 1. The van der Waals surface area contributed by atoms with Crippen LogP contribution in [0.2, 0.25) is 5.15 Å². The van der Waals surface area contributed by atoms with Gasteiger partial charge in [0.1, 0.15) is 11.3 Å². The summed E-state index contributed by atoms with van der Waals surface area (Å²) in [6, 6.07) is -0.104. The van der Waals surface area contributed by atoms with E-state index in [0.717, 1.165) is 37.0 Å². The Bertz CT molecular complexity index is 802. The molecule has 3 saturated carbocycles. The molecule has 0 radical (unpaired) electrons. The lowest BCUT2D eigenvalue weighted by molar-refractivity contribution is -0.131. The number of nitrogens with zero attached hydrogens (tertiary/aromatic N) is 4. The van der Waals surface area contributed by atoms with Gasteiger partial charge >= 0.3 is 0 Å². The van der Waals surface area contributed by atoms with E-state index in [-0.39, 0.29) is 11.5 Å². The molecule has 128 valence electrons. The quantitative estimate of drug-likeness (QED) is 0.878. The fourth-order valence-electron chi connectivity index (χ4n) is 4.85. The van der Waals surface area contributed by atoms with E-state index in [1.807, 2.05) is 4.52 Å². The molecule has 0 unspecified atom stereocenters. The van der Waals surface area contributed by atoms with Gasteiger partial charge in [0.15, 0.2) is 5.15 Å². The number of anilines is 1. The van der Waals surface area contributed by atoms with E-state index in [0.29, 0.717) is 29.7 Å². The molecule has 0 aromatic carbocycles. The molecule has 2 aromatic heterocycles. The van der Waals surface area contributed by atoms with Gasteiger partial charge in [-0.25, -0.2) is 14.5 Å². The van der Waals surface area contributed by atoms with Gasteiger partial charge < -0.3 is 15.2 Å². The first-order valence-electron chi connectivity index (χ1n) is 8.42. The summed E-state index contributed by atoms with van der Waals surface area (Å²) in [5.74, 6) is 1.44. The molecule has 2 atom stereocenters. The van der Waals surface area contributed by atoms with Crippen molar-refractivity contribution in [1.82, 2.24) is 19.6 Å². The van der Waals surface area contributed by atoms with Crippen LogP contribution in [0.3, 0.4) is 0 Å². The fourth-order valence-corrected chi connectivity index (χ4v) is 5.06. The minimum atomic E-state index is -0.554. The summed E-state index contributed by atoms with van der Waals surface area (Å²) in [7, 11) is 0. The van der Waals surface area contributed by atoms with E-state index < -0.39 is 6.10 Å². The van der Waals surface area contributed by atoms with Crippen LogP contribution in [0.1, 0.15) is 38.4 Å². The number of ether oxygens (including phenoxy) is 1. The molecule has 4 fully saturated rings. The average Bonchev–Trinajstić information content (AvgIpc) is 2.82. The predicted octanol–water partition coefficient (Wildman–Crippen LogP) is 1.78. The van der Waals surface area contributed by atoms with Gasteiger partial charge in [0.05, 0.1) is 24.9 Å². The SMILES string of the molecule is CC12CC(c3nc(Cl)c4cnc(N[C@@H]5CCOC[C@H]5O)nn34)(C1)C2. The zero-order chi connectivity index (χ0) is 16.5. The van der Waals surface area contributed by atoms with E-state index in [2.05, 4.69) is 27.3 Å². The van der Waals surface area contributed by atoms with Crippen molar-refractivity contribution in [2.45, 2.75) is 50.2 Å². The average molecular weight is 350 g/mol. The Balaban J connectivity index is 1.48. The van der Waals surface area contributed by atoms with Crippen LogP contribution in [-0.2, 0) is 10.2 Å². The van der Waals surface area contributed by atoms with E-state index in [1.165, 1.54) is 0 Å². The zero-order valence-electron chi connectivity index (χ0n) is 13.5. The summed E-state index contributed by atoms with van der Waals surface area (Å²) in [5, 5.41) is 18.3. The molecule has 0 spiro atoms. The molecule has 3 heterocycles. The molecule has 24 heavy (non-hydrogen) atoms. The Morgan fingerprint density at radius 2 is 2.21 bits per heavy atom. The molecule has 1 aliphatic heterocycles. The number of imidazole rings is 1. The largest absolute Gasteiger partial charge is 0.389 e. The Kier molecular flexibility index (Phi) is 2.98. The van der Waals surface area contributed by atoms with E-state index in [9.17, 15) is 5.11 Å². The lowest BCUT2D eigenvalue weighted by Crippen LogP contribution is -2.63. The van der Waals surface area contributed by atoms with Gasteiger partial charge in [-0.3, -0.25) is 0 Å². The summed E-state index contributed by atoms with van der Waals surface area (Å²) in [6.45, 7) is 3.28. The Labute approximate surface area is 144 Å². The number of aliphatic hydroxyl groups excluding tert-OH is 1. The minimum Gasteiger partial charge on any atom is -0.389 e. The van der Waals surface area contributed by atoms with Crippen LogP contribution in [0, 0.1) is 5.41 Å². The molecule has 2 bridgehead atoms. The maximum Gasteiger partial charge on any atom is 0.241 e. The Morgan fingerprint density at radius 3 is 2.92 bits per heavy atom. The van der Waals surface area contributed by atoms with Gasteiger partial charge in [0.2, 0.25) is 5.95 Å². The molecule has 8 heteroatoms. The number of fused-ring (bicyclic) bond motifs is 1. The summed E-state index contributed by atoms with van der Waals surface area (Å²) in [4.78, 5) is 8.93. The van der Waals surface area contributed by atoms with Crippen LogP contribution < -0.4 is 5.32 Å². The van der Waals surface area contributed by atoms with E-state index in [1.54, 1.807) is 6.20 Å². The van der Waals surface area contributed by atoms with Gasteiger partial charge in [0.25, 0.3) is 0 Å². The molecule has 6 rings (SSSR count). The molecule has 2 N–H and O–H groups in total. The standard InChI is InChI=1S/C16H20ClN5O2/c1-15-6-16(7-15,8-15)13-20-12(17)10-4-18-14(21-22(10)13)19-9-2-3-24-5-11(9)23/h4,9,11,23H,2-3,5-8H2,1H3,(H,19,21)/t9-,11-,15?,16?/m1/s1.